The number of hydrogen-bond donors (Lipinski definition) is 3. The molecule has 6 heteroatoms. The van der Waals surface area contributed by atoms with Gasteiger partial charge in [-0.2, -0.15) is 0 Å². The molecule has 0 heterocycles. The minimum absolute atomic E-state index is 0.0746. The fourth-order valence-corrected chi connectivity index (χ4v) is 1.90. The van der Waals surface area contributed by atoms with E-state index in [2.05, 4.69) is 36.9 Å². The van der Waals surface area contributed by atoms with Gasteiger partial charge in [0.25, 0.3) is 5.91 Å². The van der Waals surface area contributed by atoms with Crippen molar-refractivity contribution in [3.05, 3.63) is 35.4 Å². The van der Waals surface area contributed by atoms with Crippen LogP contribution >= 0.6 is 12.2 Å². The predicted octanol–water partition coefficient (Wildman–Crippen LogP) is 1.65. The molecule has 22 heavy (non-hydrogen) atoms. The maximum atomic E-state index is 12.0. The summed E-state index contributed by atoms with van der Waals surface area (Å²) >= 11 is 5.09. The van der Waals surface area contributed by atoms with Gasteiger partial charge in [0.05, 0.1) is 0 Å². The number of nitrogens with zero attached hydrogens (tertiary/aromatic N) is 1. The summed E-state index contributed by atoms with van der Waals surface area (Å²) in [5, 5.41) is 3.42. The number of carbonyl (C=O) groups excluding carboxylic acids is 1. The summed E-state index contributed by atoms with van der Waals surface area (Å²) in [5.74, 6) is -0.211. The first-order valence-corrected chi connectivity index (χ1v) is 7.70. The molecule has 1 rings (SSSR count). The number of benzene rings is 1. The van der Waals surface area contributed by atoms with Crippen molar-refractivity contribution in [1.82, 2.24) is 21.1 Å². The molecule has 0 fully saturated rings. The Morgan fingerprint density at radius 2 is 1.73 bits per heavy atom. The van der Waals surface area contributed by atoms with Gasteiger partial charge in [-0.15, -0.1) is 0 Å². The molecule has 0 aromatic heterocycles. The van der Waals surface area contributed by atoms with Crippen molar-refractivity contribution in [1.29, 1.82) is 0 Å². The molecule has 122 valence electrons. The monoisotopic (exact) mass is 322 g/mol. The minimum Gasteiger partial charge on any atom is -0.360 e. The van der Waals surface area contributed by atoms with E-state index in [0.717, 1.165) is 13.1 Å². The summed E-state index contributed by atoms with van der Waals surface area (Å²) in [6.07, 6.45) is 0. The summed E-state index contributed by atoms with van der Waals surface area (Å²) in [6.45, 7) is 8.00. The van der Waals surface area contributed by atoms with E-state index in [1.807, 2.05) is 43.3 Å². The number of hydrogen-bond acceptors (Lipinski definition) is 3. The van der Waals surface area contributed by atoms with Gasteiger partial charge in [-0.1, -0.05) is 32.9 Å². The van der Waals surface area contributed by atoms with Gasteiger partial charge in [0.1, 0.15) is 0 Å². The van der Waals surface area contributed by atoms with E-state index in [1.165, 1.54) is 5.56 Å². The van der Waals surface area contributed by atoms with Crippen molar-refractivity contribution >= 4 is 23.2 Å². The third-order valence-corrected chi connectivity index (χ3v) is 3.39. The number of nitrogens with one attached hydrogen (secondary N) is 3. The topological polar surface area (TPSA) is 56.4 Å². The molecule has 1 aromatic carbocycles. The van der Waals surface area contributed by atoms with E-state index >= 15 is 0 Å². The molecule has 0 aliphatic heterocycles. The highest BCUT2D eigenvalue weighted by atomic mass is 32.1. The summed E-state index contributed by atoms with van der Waals surface area (Å²) < 4.78 is 0. The Morgan fingerprint density at radius 1 is 1.14 bits per heavy atom. The van der Waals surface area contributed by atoms with Crippen LogP contribution in [-0.2, 0) is 5.41 Å². The van der Waals surface area contributed by atoms with Gasteiger partial charge in [-0.05, 0) is 49.4 Å². The Bertz CT molecular complexity index is 506. The van der Waals surface area contributed by atoms with Gasteiger partial charge in [0, 0.05) is 18.7 Å². The first kappa shape index (κ1) is 18.4. The summed E-state index contributed by atoms with van der Waals surface area (Å²) in [4.78, 5) is 14.1. The molecular weight excluding hydrogens is 296 g/mol. The van der Waals surface area contributed by atoms with Crippen molar-refractivity contribution < 1.29 is 4.79 Å². The Morgan fingerprint density at radius 3 is 2.23 bits per heavy atom. The van der Waals surface area contributed by atoms with Crippen LogP contribution in [0.2, 0.25) is 0 Å². The maximum Gasteiger partial charge on any atom is 0.269 e. The average Bonchev–Trinajstić information content (AvgIpc) is 2.43. The third kappa shape index (κ3) is 6.41. The average molecular weight is 322 g/mol. The fourth-order valence-electron chi connectivity index (χ4n) is 1.74. The van der Waals surface area contributed by atoms with Crippen molar-refractivity contribution in [3.8, 4) is 0 Å². The first-order chi connectivity index (χ1) is 10.2. The van der Waals surface area contributed by atoms with Gasteiger partial charge in [-0.3, -0.25) is 15.6 Å². The molecule has 0 aliphatic rings. The van der Waals surface area contributed by atoms with Crippen LogP contribution in [0.25, 0.3) is 0 Å². The molecule has 5 nitrogen and oxygen atoms in total. The number of carbonyl (C=O) groups is 1. The van der Waals surface area contributed by atoms with E-state index < -0.39 is 0 Å². The standard InChI is InChI=1S/C16H26N4OS/c1-16(2,3)13-8-6-12(7-9-13)14(21)18-19-15(22)17-10-11-20(4)5/h6-9H,10-11H2,1-5H3,(H,18,21)(H2,17,19,22). The van der Waals surface area contributed by atoms with E-state index in [0.29, 0.717) is 10.7 Å². The van der Waals surface area contributed by atoms with Crippen LogP contribution in [0.3, 0.4) is 0 Å². The molecule has 0 saturated carbocycles. The van der Waals surface area contributed by atoms with Crippen LogP contribution in [-0.4, -0.2) is 43.1 Å². The Hall–Kier alpha value is -1.66. The van der Waals surface area contributed by atoms with Gasteiger partial charge in [-0.25, -0.2) is 0 Å². The van der Waals surface area contributed by atoms with Crippen LogP contribution in [0.15, 0.2) is 24.3 Å². The Labute approximate surface area is 138 Å². The highest BCUT2D eigenvalue weighted by Crippen LogP contribution is 2.21. The second-order valence-electron chi connectivity index (χ2n) is 6.47. The lowest BCUT2D eigenvalue weighted by Crippen LogP contribution is -2.47. The molecule has 0 unspecified atom stereocenters. The zero-order valence-corrected chi connectivity index (χ0v) is 14.8. The Kier molecular flexibility index (Phi) is 6.77. The molecule has 1 amide bonds. The molecule has 1 aromatic rings. The van der Waals surface area contributed by atoms with Crippen molar-refractivity contribution in [2.24, 2.45) is 0 Å². The van der Waals surface area contributed by atoms with E-state index in [1.54, 1.807) is 0 Å². The highest BCUT2D eigenvalue weighted by Gasteiger charge is 2.14. The second kappa shape index (κ2) is 8.10. The minimum atomic E-state index is -0.211. The quantitative estimate of drug-likeness (QED) is 0.581. The number of thiocarbonyl (C=S) groups is 1. The molecule has 0 spiro atoms. The Balaban J connectivity index is 2.44. The summed E-state index contributed by atoms with van der Waals surface area (Å²) in [7, 11) is 3.97. The van der Waals surface area contributed by atoms with Gasteiger partial charge >= 0.3 is 0 Å². The predicted molar refractivity (Wildman–Crippen MR) is 94.9 cm³/mol. The van der Waals surface area contributed by atoms with Crippen LogP contribution < -0.4 is 16.2 Å². The van der Waals surface area contributed by atoms with E-state index in [9.17, 15) is 4.79 Å². The van der Waals surface area contributed by atoms with Gasteiger partial charge in [0.2, 0.25) is 0 Å². The molecule has 0 bridgehead atoms. The lowest BCUT2D eigenvalue weighted by atomic mass is 9.87. The smallest absolute Gasteiger partial charge is 0.269 e. The number of likely N-dealkylation sites (N-methyl/N-ethyl adjacent to an activating group) is 1. The molecule has 0 atom stereocenters. The van der Waals surface area contributed by atoms with E-state index in [4.69, 9.17) is 12.2 Å². The molecule has 3 N–H and O–H groups in total. The summed E-state index contributed by atoms with van der Waals surface area (Å²) in [6, 6.07) is 7.59. The van der Waals surface area contributed by atoms with Crippen molar-refractivity contribution in [3.63, 3.8) is 0 Å². The van der Waals surface area contributed by atoms with Gasteiger partial charge < -0.3 is 10.2 Å². The van der Waals surface area contributed by atoms with Gasteiger partial charge in [0.15, 0.2) is 5.11 Å². The van der Waals surface area contributed by atoms with Crippen molar-refractivity contribution in [2.45, 2.75) is 26.2 Å². The number of rotatable bonds is 4. The van der Waals surface area contributed by atoms with Crippen molar-refractivity contribution in [2.75, 3.05) is 27.2 Å². The normalized spacial score (nSPS) is 11.2. The number of amides is 1. The van der Waals surface area contributed by atoms with E-state index in [-0.39, 0.29) is 11.3 Å². The SMILES string of the molecule is CN(C)CCNC(=S)NNC(=O)c1ccc(C(C)(C)C)cc1. The van der Waals surface area contributed by atoms with Crippen LogP contribution in [0.5, 0.6) is 0 Å². The third-order valence-electron chi connectivity index (χ3n) is 3.15. The fraction of sp³-hybridized carbons (Fsp3) is 0.500. The molecule has 0 radical (unpaired) electrons. The largest absolute Gasteiger partial charge is 0.360 e. The van der Waals surface area contributed by atoms with Crippen LogP contribution in [0.1, 0.15) is 36.7 Å². The maximum absolute atomic E-state index is 12.0. The summed E-state index contributed by atoms with van der Waals surface area (Å²) in [5.41, 5.74) is 7.15. The molecular formula is C16H26N4OS. The molecule has 0 aliphatic carbocycles. The number of hydrazine groups is 1. The second-order valence-corrected chi connectivity index (χ2v) is 6.87. The lowest BCUT2D eigenvalue weighted by molar-refractivity contribution is 0.0943. The molecule has 0 saturated heterocycles. The lowest BCUT2D eigenvalue weighted by Gasteiger charge is -2.19. The zero-order valence-electron chi connectivity index (χ0n) is 14.0. The zero-order chi connectivity index (χ0) is 16.8. The van der Waals surface area contributed by atoms with Crippen LogP contribution in [0.4, 0.5) is 0 Å². The van der Waals surface area contributed by atoms with Crippen LogP contribution in [0, 0.1) is 0 Å². The highest BCUT2D eigenvalue weighted by molar-refractivity contribution is 7.80. The first-order valence-electron chi connectivity index (χ1n) is 7.29.